The molecule has 0 aliphatic heterocycles. The van der Waals surface area contributed by atoms with E-state index in [1.807, 2.05) is 52.1 Å². The number of ether oxygens (including phenoxy) is 2. The Morgan fingerprint density at radius 3 is 2.53 bits per heavy atom. The minimum Gasteiger partial charge on any atom is -0.468 e. The maximum absolute atomic E-state index is 13.5. The van der Waals surface area contributed by atoms with Crippen molar-refractivity contribution in [1.29, 1.82) is 0 Å². The number of aromatic nitrogens is 1. The Kier molecular flexibility index (Phi) is 5.62. The number of hydrogen-bond acceptors (Lipinski definition) is 6. The number of nitrogens with one attached hydrogen (secondary N) is 1. The molecule has 1 fully saturated rings. The van der Waals surface area contributed by atoms with Crippen LogP contribution in [0.3, 0.4) is 0 Å². The number of para-hydroxylation sites is 1. The summed E-state index contributed by atoms with van der Waals surface area (Å²) in [5, 5.41) is 15.4. The summed E-state index contributed by atoms with van der Waals surface area (Å²) in [5.41, 5.74) is 1.05. The number of benzene rings is 1. The van der Waals surface area contributed by atoms with Crippen molar-refractivity contribution in [3.8, 4) is 0 Å². The van der Waals surface area contributed by atoms with E-state index in [-0.39, 0.29) is 17.9 Å². The number of aliphatic hydroxyl groups excluding tert-OH is 1. The van der Waals surface area contributed by atoms with Crippen LogP contribution >= 0.6 is 0 Å². The standard InChI is InChI=1S/C25H34N2O5/c1-24(2,3)32-23(30)27-17-10-8-7-9-14(17)15-13-18(26-5)25(4)16(11-12-19(25)28)20(21(15)27)22(29)31-6/h7-10,16,18-20,26,28H,11-13H2,1-6H3/t16-,18+,19-,20-,25-/m1/s1. The summed E-state index contributed by atoms with van der Waals surface area (Å²) >= 11 is 0. The van der Waals surface area contributed by atoms with Crippen molar-refractivity contribution in [2.24, 2.45) is 11.3 Å². The molecular formula is C25H34N2O5. The van der Waals surface area contributed by atoms with Gasteiger partial charge in [-0.25, -0.2) is 9.36 Å². The smallest absolute Gasteiger partial charge is 0.419 e. The molecule has 0 saturated heterocycles. The van der Waals surface area contributed by atoms with E-state index in [4.69, 9.17) is 9.47 Å². The van der Waals surface area contributed by atoms with Crippen molar-refractivity contribution < 1.29 is 24.2 Å². The van der Waals surface area contributed by atoms with Gasteiger partial charge in [-0.05, 0) is 64.6 Å². The van der Waals surface area contributed by atoms with Gasteiger partial charge in [0.15, 0.2) is 0 Å². The fourth-order valence-corrected chi connectivity index (χ4v) is 6.03. The topological polar surface area (TPSA) is 89.8 Å². The SMILES string of the molecule is CN[C@H]1Cc2c(n(C(=O)OC(C)(C)C)c3ccccc23)[C@H](C(=O)OC)[C@H]2CC[C@@H](O)[C@@]12C. The Morgan fingerprint density at radius 2 is 1.91 bits per heavy atom. The normalized spacial score (nSPS) is 29.8. The van der Waals surface area contributed by atoms with Crippen LogP contribution in [0.15, 0.2) is 24.3 Å². The van der Waals surface area contributed by atoms with Crippen molar-refractivity contribution in [3.05, 3.63) is 35.5 Å². The molecule has 1 aromatic heterocycles. The molecule has 7 nitrogen and oxygen atoms in total. The minimum absolute atomic E-state index is 0.0729. The fraction of sp³-hybridized carbons (Fsp3) is 0.600. The minimum atomic E-state index is -0.688. The summed E-state index contributed by atoms with van der Waals surface area (Å²) in [6, 6.07) is 7.62. The Hall–Kier alpha value is -2.38. The molecule has 0 bridgehead atoms. The highest BCUT2D eigenvalue weighted by molar-refractivity contribution is 5.96. The molecule has 0 unspecified atom stereocenters. The van der Waals surface area contributed by atoms with Crippen LogP contribution in [0.1, 0.15) is 57.7 Å². The zero-order valence-electron chi connectivity index (χ0n) is 19.8. The largest absolute Gasteiger partial charge is 0.468 e. The third kappa shape index (κ3) is 3.33. The molecule has 32 heavy (non-hydrogen) atoms. The van der Waals surface area contributed by atoms with Crippen LogP contribution in [0.5, 0.6) is 0 Å². The second-order valence-electron chi connectivity index (χ2n) is 10.3. The van der Waals surface area contributed by atoms with Gasteiger partial charge in [-0.1, -0.05) is 25.1 Å². The number of rotatable bonds is 2. The van der Waals surface area contributed by atoms with Gasteiger partial charge < -0.3 is 19.9 Å². The van der Waals surface area contributed by atoms with E-state index in [9.17, 15) is 14.7 Å². The van der Waals surface area contributed by atoms with Gasteiger partial charge in [0.1, 0.15) is 11.5 Å². The number of aliphatic hydroxyl groups is 1. The predicted octanol–water partition coefficient (Wildman–Crippen LogP) is 3.60. The molecule has 2 aromatic rings. The highest BCUT2D eigenvalue weighted by Crippen LogP contribution is 2.56. The molecule has 174 valence electrons. The van der Waals surface area contributed by atoms with Gasteiger partial charge >= 0.3 is 12.1 Å². The first-order valence-corrected chi connectivity index (χ1v) is 11.3. The Morgan fingerprint density at radius 1 is 1.22 bits per heavy atom. The van der Waals surface area contributed by atoms with E-state index in [0.717, 1.165) is 16.5 Å². The van der Waals surface area contributed by atoms with Crippen LogP contribution in [-0.4, -0.2) is 53.6 Å². The molecule has 2 aliphatic carbocycles. The highest BCUT2D eigenvalue weighted by Gasteiger charge is 2.58. The Balaban J connectivity index is 2.05. The molecule has 0 radical (unpaired) electrons. The molecule has 1 saturated carbocycles. The average molecular weight is 443 g/mol. The summed E-state index contributed by atoms with van der Waals surface area (Å²) in [5.74, 6) is -1.26. The van der Waals surface area contributed by atoms with Crippen LogP contribution < -0.4 is 5.32 Å². The summed E-state index contributed by atoms with van der Waals surface area (Å²) in [7, 11) is 3.27. The van der Waals surface area contributed by atoms with Gasteiger partial charge in [0.05, 0.1) is 18.7 Å². The average Bonchev–Trinajstić information content (AvgIpc) is 3.17. The molecular weight excluding hydrogens is 408 g/mol. The van der Waals surface area contributed by atoms with Crippen molar-refractivity contribution >= 4 is 23.0 Å². The predicted molar refractivity (Wildman–Crippen MR) is 122 cm³/mol. The second kappa shape index (κ2) is 7.89. The van der Waals surface area contributed by atoms with Crippen molar-refractivity contribution in [2.75, 3.05) is 14.2 Å². The number of likely N-dealkylation sites (N-methyl/N-ethyl adjacent to an activating group) is 1. The van der Waals surface area contributed by atoms with Crippen LogP contribution in [-0.2, 0) is 20.7 Å². The van der Waals surface area contributed by atoms with Crippen LogP contribution in [0.25, 0.3) is 10.9 Å². The van der Waals surface area contributed by atoms with Crippen LogP contribution in [0.2, 0.25) is 0 Å². The number of carbonyl (C=O) groups is 2. The lowest BCUT2D eigenvalue weighted by molar-refractivity contribution is -0.145. The Bertz CT molecular complexity index is 1050. The fourth-order valence-electron chi connectivity index (χ4n) is 6.03. The number of fused-ring (bicyclic) bond motifs is 4. The monoisotopic (exact) mass is 442 g/mol. The maximum Gasteiger partial charge on any atom is 0.419 e. The first-order valence-electron chi connectivity index (χ1n) is 11.3. The van der Waals surface area contributed by atoms with Gasteiger partial charge in [0.25, 0.3) is 0 Å². The molecule has 0 amide bonds. The molecule has 2 aliphatic rings. The molecule has 4 rings (SSSR count). The third-order valence-electron chi connectivity index (χ3n) is 7.52. The van der Waals surface area contributed by atoms with E-state index in [1.54, 1.807) is 4.57 Å². The zero-order valence-corrected chi connectivity index (χ0v) is 19.8. The van der Waals surface area contributed by atoms with E-state index in [1.165, 1.54) is 7.11 Å². The number of nitrogens with zero attached hydrogens (tertiary/aromatic N) is 1. The quantitative estimate of drug-likeness (QED) is 0.691. The summed E-state index contributed by atoms with van der Waals surface area (Å²) in [6.07, 6.45) is 0.800. The van der Waals surface area contributed by atoms with Gasteiger partial charge in [-0.3, -0.25) is 4.79 Å². The zero-order chi connectivity index (χ0) is 23.4. The molecule has 2 N–H and O–H groups in total. The van der Waals surface area contributed by atoms with Crippen molar-refractivity contribution in [3.63, 3.8) is 0 Å². The molecule has 5 atom stereocenters. The first kappa shape index (κ1) is 22.8. The first-order chi connectivity index (χ1) is 15.0. The number of hydrogen-bond donors (Lipinski definition) is 2. The van der Waals surface area contributed by atoms with E-state index < -0.39 is 29.1 Å². The highest BCUT2D eigenvalue weighted by atomic mass is 16.6. The van der Waals surface area contributed by atoms with E-state index in [0.29, 0.717) is 25.0 Å². The summed E-state index contributed by atoms with van der Waals surface area (Å²) in [4.78, 5) is 26.8. The Labute approximate surface area is 189 Å². The van der Waals surface area contributed by atoms with Crippen molar-refractivity contribution in [2.45, 2.75) is 70.6 Å². The van der Waals surface area contributed by atoms with Gasteiger partial charge in [-0.15, -0.1) is 0 Å². The number of methoxy groups -OCH3 is 1. The van der Waals surface area contributed by atoms with Crippen molar-refractivity contribution in [1.82, 2.24) is 9.88 Å². The molecule has 1 aromatic carbocycles. The maximum atomic E-state index is 13.5. The molecule has 1 heterocycles. The number of carbonyl (C=O) groups excluding carboxylic acids is 2. The van der Waals surface area contributed by atoms with E-state index in [2.05, 4.69) is 12.2 Å². The summed E-state index contributed by atoms with van der Waals surface area (Å²) < 4.78 is 12.6. The lowest BCUT2D eigenvalue weighted by Gasteiger charge is -2.42. The van der Waals surface area contributed by atoms with Crippen LogP contribution in [0.4, 0.5) is 4.79 Å². The van der Waals surface area contributed by atoms with Gasteiger partial charge in [-0.2, -0.15) is 0 Å². The van der Waals surface area contributed by atoms with Gasteiger partial charge in [0.2, 0.25) is 0 Å². The molecule has 7 heteroatoms. The number of esters is 1. The summed E-state index contributed by atoms with van der Waals surface area (Å²) in [6.45, 7) is 7.54. The van der Waals surface area contributed by atoms with Gasteiger partial charge in [0, 0.05) is 22.5 Å². The lowest BCUT2D eigenvalue weighted by atomic mass is 9.67. The van der Waals surface area contributed by atoms with Crippen LogP contribution in [0, 0.1) is 11.3 Å². The van der Waals surface area contributed by atoms with E-state index >= 15 is 0 Å². The lowest BCUT2D eigenvalue weighted by Crippen LogP contribution is -2.51. The molecule has 0 spiro atoms. The second-order valence-corrected chi connectivity index (χ2v) is 10.3. The third-order valence-corrected chi connectivity index (χ3v) is 7.52.